The smallest absolute Gasteiger partial charge is 0.305 e. The number of carbonyl (C=O) groups is 4. The van der Waals surface area contributed by atoms with E-state index in [0.717, 1.165) is 6.92 Å². The van der Waals surface area contributed by atoms with Gasteiger partial charge in [-0.05, 0) is 12.8 Å². The summed E-state index contributed by atoms with van der Waals surface area (Å²) in [4.78, 5) is 48.8. The Labute approximate surface area is 132 Å². The number of aliphatic carboxylic acids is 1. The fraction of sp³-hybridized carbons (Fsp3) is 0.583. The third-order valence-electron chi connectivity index (χ3n) is 2.68. The topological polar surface area (TPSA) is 203 Å². The standard InChI is InChI=1S/C12H22N6O5/c1-6(19)17-8(5-9(20)21)11(23)18-7(10(13)22)3-2-4-16-12(14)15/h7-8H,2-5H2,1H3,(H2,13,22)(H,17,19)(H,18,23)(H,20,21)(H4,14,15,16)/t7-,8-/m0/s1. The Bertz CT molecular complexity index is 472. The Morgan fingerprint density at radius 1 is 1.09 bits per heavy atom. The van der Waals surface area contributed by atoms with E-state index in [9.17, 15) is 19.2 Å². The second-order valence-corrected chi connectivity index (χ2v) is 4.76. The van der Waals surface area contributed by atoms with Crippen molar-refractivity contribution in [3.05, 3.63) is 0 Å². The highest BCUT2D eigenvalue weighted by molar-refractivity contribution is 5.93. The predicted octanol–water partition coefficient (Wildman–Crippen LogP) is -3.01. The SMILES string of the molecule is CC(=O)N[C@@H](CC(=O)O)C(=O)N[C@@H](CCCN=C(N)N)C(N)=O. The molecule has 0 saturated heterocycles. The lowest BCUT2D eigenvalue weighted by molar-refractivity contribution is -0.140. The van der Waals surface area contributed by atoms with Crippen molar-refractivity contribution in [2.45, 2.75) is 38.3 Å². The van der Waals surface area contributed by atoms with Gasteiger partial charge in [0.25, 0.3) is 0 Å². The molecule has 0 unspecified atom stereocenters. The average molecular weight is 330 g/mol. The van der Waals surface area contributed by atoms with Crippen LogP contribution in [0.2, 0.25) is 0 Å². The van der Waals surface area contributed by atoms with Gasteiger partial charge in [0.05, 0.1) is 6.42 Å². The zero-order valence-corrected chi connectivity index (χ0v) is 12.7. The molecule has 0 saturated carbocycles. The number of nitrogens with two attached hydrogens (primary N) is 3. The maximum absolute atomic E-state index is 12.0. The Balaban J connectivity index is 4.71. The molecule has 0 aliphatic rings. The lowest BCUT2D eigenvalue weighted by Gasteiger charge is -2.20. The average Bonchev–Trinajstić information content (AvgIpc) is 2.39. The van der Waals surface area contributed by atoms with E-state index < -0.39 is 42.2 Å². The number of primary amides is 1. The zero-order valence-electron chi connectivity index (χ0n) is 12.7. The van der Waals surface area contributed by atoms with Crippen molar-refractivity contribution in [1.82, 2.24) is 10.6 Å². The third-order valence-corrected chi connectivity index (χ3v) is 2.68. The van der Waals surface area contributed by atoms with Crippen LogP contribution in [0.3, 0.4) is 0 Å². The highest BCUT2D eigenvalue weighted by Gasteiger charge is 2.26. The van der Waals surface area contributed by atoms with E-state index in [-0.39, 0.29) is 18.9 Å². The molecular formula is C12H22N6O5. The van der Waals surface area contributed by atoms with E-state index in [1.165, 1.54) is 0 Å². The van der Waals surface area contributed by atoms with Crippen LogP contribution in [0, 0.1) is 0 Å². The van der Waals surface area contributed by atoms with Gasteiger partial charge in [0.2, 0.25) is 17.7 Å². The van der Waals surface area contributed by atoms with Crippen LogP contribution >= 0.6 is 0 Å². The molecule has 0 aromatic heterocycles. The minimum Gasteiger partial charge on any atom is -0.481 e. The molecule has 0 aliphatic heterocycles. The van der Waals surface area contributed by atoms with E-state index >= 15 is 0 Å². The summed E-state index contributed by atoms with van der Waals surface area (Å²) in [6.45, 7) is 1.38. The number of carboxylic acid groups (broad SMARTS) is 1. The monoisotopic (exact) mass is 330 g/mol. The number of carboxylic acids is 1. The number of nitrogens with zero attached hydrogens (tertiary/aromatic N) is 1. The van der Waals surface area contributed by atoms with Gasteiger partial charge in [0, 0.05) is 13.5 Å². The van der Waals surface area contributed by atoms with Crippen molar-refractivity contribution in [1.29, 1.82) is 0 Å². The van der Waals surface area contributed by atoms with Crippen LogP contribution in [-0.2, 0) is 19.2 Å². The zero-order chi connectivity index (χ0) is 18.0. The van der Waals surface area contributed by atoms with Gasteiger partial charge < -0.3 is 32.9 Å². The van der Waals surface area contributed by atoms with Gasteiger partial charge in [0.1, 0.15) is 12.1 Å². The Hall–Kier alpha value is -2.85. The van der Waals surface area contributed by atoms with Crippen LogP contribution in [0.4, 0.5) is 0 Å². The van der Waals surface area contributed by atoms with Gasteiger partial charge in [0.15, 0.2) is 5.96 Å². The molecule has 130 valence electrons. The van der Waals surface area contributed by atoms with Crippen LogP contribution in [0.15, 0.2) is 4.99 Å². The summed E-state index contributed by atoms with van der Waals surface area (Å²) in [6.07, 6.45) is -0.0852. The molecule has 0 bridgehead atoms. The molecular weight excluding hydrogens is 308 g/mol. The second-order valence-electron chi connectivity index (χ2n) is 4.76. The van der Waals surface area contributed by atoms with Gasteiger partial charge in [-0.2, -0.15) is 0 Å². The second kappa shape index (κ2) is 9.97. The number of nitrogens with one attached hydrogen (secondary N) is 2. The first-order chi connectivity index (χ1) is 10.6. The van der Waals surface area contributed by atoms with Crippen molar-refractivity contribution in [3.8, 4) is 0 Å². The van der Waals surface area contributed by atoms with Crippen molar-refractivity contribution in [2.24, 2.45) is 22.2 Å². The summed E-state index contributed by atoms with van der Waals surface area (Å²) in [5.74, 6) is -3.55. The van der Waals surface area contributed by atoms with E-state index in [2.05, 4.69) is 15.6 Å². The lowest BCUT2D eigenvalue weighted by Crippen LogP contribution is -2.53. The van der Waals surface area contributed by atoms with Crippen LogP contribution in [-0.4, -0.2) is 53.4 Å². The molecule has 2 atom stereocenters. The molecule has 0 fully saturated rings. The minimum absolute atomic E-state index is 0.100. The summed E-state index contributed by atoms with van der Waals surface area (Å²) in [5.41, 5.74) is 15.5. The molecule has 0 rings (SSSR count). The van der Waals surface area contributed by atoms with Gasteiger partial charge in [-0.3, -0.25) is 24.2 Å². The van der Waals surface area contributed by atoms with Crippen LogP contribution in [0.5, 0.6) is 0 Å². The van der Waals surface area contributed by atoms with Crippen molar-refractivity contribution >= 4 is 29.7 Å². The fourth-order valence-corrected chi connectivity index (χ4v) is 1.69. The van der Waals surface area contributed by atoms with Gasteiger partial charge in [-0.25, -0.2) is 0 Å². The largest absolute Gasteiger partial charge is 0.481 e. The van der Waals surface area contributed by atoms with E-state index in [0.29, 0.717) is 6.42 Å². The molecule has 0 heterocycles. The Morgan fingerprint density at radius 3 is 2.13 bits per heavy atom. The van der Waals surface area contributed by atoms with Gasteiger partial charge in [-0.1, -0.05) is 0 Å². The van der Waals surface area contributed by atoms with E-state index in [1.54, 1.807) is 0 Å². The van der Waals surface area contributed by atoms with Crippen molar-refractivity contribution in [3.63, 3.8) is 0 Å². The van der Waals surface area contributed by atoms with Crippen molar-refractivity contribution < 1.29 is 24.3 Å². The summed E-state index contributed by atoms with van der Waals surface area (Å²) in [7, 11) is 0. The summed E-state index contributed by atoms with van der Waals surface area (Å²) in [5, 5.41) is 13.3. The molecule has 23 heavy (non-hydrogen) atoms. The normalized spacial score (nSPS) is 12.6. The molecule has 11 nitrogen and oxygen atoms in total. The number of hydrogen-bond donors (Lipinski definition) is 6. The first kappa shape index (κ1) is 20.1. The Kier molecular flexibility index (Phi) is 8.74. The molecule has 11 heteroatoms. The maximum Gasteiger partial charge on any atom is 0.305 e. The number of hydrogen-bond acceptors (Lipinski definition) is 5. The third kappa shape index (κ3) is 9.66. The minimum atomic E-state index is -1.30. The quantitative estimate of drug-likeness (QED) is 0.139. The first-order valence-electron chi connectivity index (χ1n) is 6.77. The number of carbonyl (C=O) groups excluding carboxylic acids is 3. The first-order valence-corrected chi connectivity index (χ1v) is 6.77. The van der Waals surface area contributed by atoms with Crippen molar-refractivity contribution in [2.75, 3.05) is 6.54 Å². The van der Waals surface area contributed by atoms with Crippen LogP contribution in [0.1, 0.15) is 26.2 Å². The maximum atomic E-state index is 12.0. The summed E-state index contributed by atoms with van der Waals surface area (Å²) < 4.78 is 0. The van der Waals surface area contributed by atoms with Gasteiger partial charge >= 0.3 is 5.97 Å². The molecule has 0 aromatic rings. The number of amides is 3. The fourth-order valence-electron chi connectivity index (χ4n) is 1.69. The molecule has 3 amide bonds. The molecule has 0 aromatic carbocycles. The number of guanidine groups is 1. The summed E-state index contributed by atoms with van der Waals surface area (Å²) >= 11 is 0. The van der Waals surface area contributed by atoms with E-state index in [1.807, 2.05) is 0 Å². The lowest BCUT2D eigenvalue weighted by atomic mass is 10.1. The molecule has 0 spiro atoms. The molecule has 0 radical (unpaired) electrons. The number of aliphatic imine (C=N–C) groups is 1. The highest BCUT2D eigenvalue weighted by Crippen LogP contribution is 2.00. The molecule has 0 aliphatic carbocycles. The highest BCUT2D eigenvalue weighted by atomic mass is 16.4. The Morgan fingerprint density at radius 2 is 1.70 bits per heavy atom. The van der Waals surface area contributed by atoms with Crippen LogP contribution in [0.25, 0.3) is 0 Å². The predicted molar refractivity (Wildman–Crippen MR) is 80.9 cm³/mol. The van der Waals surface area contributed by atoms with Gasteiger partial charge in [-0.15, -0.1) is 0 Å². The molecule has 9 N–H and O–H groups in total. The van der Waals surface area contributed by atoms with Crippen LogP contribution < -0.4 is 27.8 Å². The summed E-state index contributed by atoms with van der Waals surface area (Å²) in [6, 6.07) is -2.33. The van der Waals surface area contributed by atoms with E-state index in [4.69, 9.17) is 22.3 Å². The number of rotatable bonds is 10.